The van der Waals surface area contributed by atoms with E-state index in [4.69, 9.17) is 9.15 Å². The molecule has 0 spiro atoms. The van der Waals surface area contributed by atoms with Gasteiger partial charge in [-0.2, -0.15) is 0 Å². The minimum atomic E-state index is -0.0435. The summed E-state index contributed by atoms with van der Waals surface area (Å²) in [4.78, 5) is 0. The Morgan fingerprint density at radius 2 is 2.00 bits per heavy atom. The zero-order chi connectivity index (χ0) is 13.9. The molecule has 0 fully saturated rings. The Hall–Kier alpha value is -1.32. The fourth-order valence-corrected chi connectivity index (χ4v) is 2.37. The van der Waals surface area contributed by atoms with Crippen molar-refractivity contribution in [3.63, 3.8) is 0 Å². The molecule has 2 aromatic rings. The first-order chi connectivity index (χ1) is 9.07. The fourth-order valence-electron chi connectivity index (χ4n) is 2.37. The molecule has 3 nitrogen and oxygen atoms in total. The maximum Gasteiger partial charge on any atom is 0.134 e. The van der Waals surface area contributed by atoms with Crippen molar-refractivity contribution in [3.8, 4) is 0 Å². The molecule has 104 valence electrons. The largest absolute Gasteiger partial charge is 0.461 e. The Balaban J connectivity index is 2.24. The standard InChI is InChI=1S/C16H23NO2/c1-5-14-13(10-17-16(2,3)11-18-4)12-8-6-7-9-15(12)19-14/h6-9,17H,5,10-11H2,1-4H3. The molecule has 0 radical (unpaired) electrons. The first-order valence-electron chi connectivity index (χ1n) is 6.80. The number of nitrogens with one attached hydrogen (secondary N) is 1. The van der Waals surface area contributed by atoms with Crippen LogP contribution in [0.4, 0.5) is 0 Å². The predicted octanol–water partition coefficient (Wildman–Crippen LogP) is 3.51. The Kier molecular flexibility index (Phi) is 4.27. The number of aryl methyl sites for hydroxylation is 1. The fraction of sp³-hybridized carbons (Fsp3) is 0.500. The van der Waals surface area contributed by atoms with Gasteiger partial charge >= 0.3 is 0 Å². The second-order valence-electron chi connectivity index (χ2n) is 5.52. The van der Waals surface area contributed by atoms with Gasteiger partial charge in [-0.25, -0.2) is 0 Å². The molecule has 3 heteroatoms. The van der Waals surface area contributed by atoms with Gasteiger partial charge in [0.05, 0.1) is 6.61 Å². The van der Waals surface area contributed by atoms with Crippen LogP contribution in [-0.2, 0) is 17.7 Å². The van der Waals surface area contributed by atoms with Crippen molar-refractivity contribution in [1.82, 2.24) is 5.32 Å². The maximum absolute atomic E-state index is 5.90. The molecule has 0 aliphatic rings. The van der Waals surface area contributed by atoms with E-state index in [0.29, 0.717) is 6.61 Å². The first kappa shape index (κ1) is 14.1. The second-order valence-corrected chi connectivity index (χ2v) is 5.52. The number of benzene rings is 1. The third-order valence-electron chi connectivity index (χ3n) is 3.35. The SMILES string of the molecule is CCc1oc2ccccc2c1CNC(C)(C)COC. The number of furan rings is 1. The van der Waals surface area contributed by atoms with Crippen molar-refractivity contribution in [2.45, 2.75) is 39.3 Å². The minimum absolute atomic E-state index is 0.0435. The summed E-state index contributed by atoms with van der Waals surface area (Å²) in [5, 5.41) is 4.75. The molecule has 0 amide bonds. The molecule has 19 heavy (non-hydrogen) atoms. The average Bonchev–Trinajstić information content (AvgIpc) is 2.74. The van der Waals surface area contributed by atoms with Gasteiger partial charge in [0, 0.05) is 36.6 Å². The lowest BCUT2D eigenvalue weighted by atomic mass is 10.0. The number of ether oxygens (including phenoxy) is 1. The van der Waals surface area contributed by atoms with Gasteiger partial charge in [-0.05, 0) is 19.9 Å². The van der Waals surface area contributed by atoms with E-state index >= 15 is 0 Å². The van der Waals surface area contributed by atoms with Gasteiger partial charge in [-0.1, -0.05) is 25.1 Å². The first-order valence-corrected chi connectivity index (χ1v) is 6.80. The number of methoxy groups -OCH3 is 1. The predicted molar refractivity (Wildman–Crippen MR) is 78.4 cm³/mol. The minimum Gasteiger partial charge on any atom is -0.461 e. The highest BCUT2D eigenvalue weighted by Crippen LogP contribution is 2.26. The van der Waals surface area contributed by atoms with Crippen molar-refractivity contribution in [1.29, 1.82) is 0 Å². The van der Waals surface area contributed by atoms with E-state index in [0.717, 1.165) is 24.3 Å². The number of hydrogen-bond donors (Lipinski definition) is 1. The molecule has 1 N–H and O–H groups in total. The summed E-state index contributed by atoms with van der Waals surface area (Å²) >= 11 is 0. The zero-order valence-electron chi connectivity index (χ0n) is 12.2. The molecular weight excluding hydrogens is 238 g/mol. The van der Waals surface area contributed by atoms with Crippen LogP contribution in [0.1, 0.15) is 32.1 Å². The molecule has 1 aromatic carbocycles. The van der Waals surface area contributed by atoms with Crippen LogP contribution in [0.5, 0.6) is 0 Å². The molecular formula is C16H23NO2. The van der Waals surface area contributed by atoms with E-state index < -0.39 is 0 Å². The van der Waals surface area contributed by atoms with Crippen LogP contribution in [-0.4, -0.2) is 19.3 Å². The van der Waals surface area contributed by atoms with Gasteiger partial charge in [-0.15, -0.1) is 0 Å². The molecule has 1 aromatic heterocycles. The van der Waals surface area contributed by atoms with Gasteiger partial charge in [0.2, 0.25) is 0 Å². The summed E-state index contributed by atoms with van der Waals surface area (Å²) in [7, 11) is 1.73. The normalized spacial score (nSPS) is 12.2. The van der Waals surface area contributed by atoms with E-state index in [2.05, 4.69) is 38.2 Å². The molecule has 0 atom stereocenters. The summed E-state index contributed by atoms with van der Waals surface area (Å²) in [5.74, 6) is 1.07. The molecule has 0 bridgehead atoms. The summed E-state index contributed by atoms with van der Waals surface area (Å²) in [6, 6.07) is 8.22. The molecule has 0 aliphatic heterocycles. The monoisotopic (exact) mass is 261 g/mol. The highest BCUT2D eigenvalue weighted by atomic mass is 16.5. The van der Waals surface area contributed by atoms with E-state index in [1.54, 1.807) is 7.11 Å². The van der Waals surface area contributed by atoms with Crippen LogP contribution >= 0.6 is 0 Å². The van der Waals surface area contributed by atoms with Crippen LogP contribution in [0.25, 0.3) is 11.0 Å². The lowest BCUT2D eigenvalue weighted by molar-refractivity contribution is 0.127. The lowest BCUT2D eigenvalue weighted by Gasteiger charge is -2.25. The Morgan fingerprint density at radius 1 is 1.26 bits per heavy atom. The highest BCUT2D eigenvalue weighted by Gasteiger charge is 2.19. The van der Waals surface area contributed by atoms with E-state index in [9.17, 15) is 0 Å². The molecule has 0 saturated heterocycles. The van der Waals surface area contributed by atoms with E-state index in [1.807, 2.05) is 12.1 Å². The van der Waals surface area contributed by atoms with Crippen molar-refractivity contribution >= 4 is 11.0 Å². The molecule has 0 unspecified atom stereocenters. The summed E-state index contributed by atoms with van der Waals surface area (Å²) in [5.41, 5.74) is 2.20. The second kappa shape index (κ2) is 5.76. The van der Waals surface area contributed by atoms with Crippen LogP contribution in [0.2, 0.25) is 0 Å². The van der Waals surface area contributed by atoms with Crippen LogP contribution in [0.3, 0.4) is 0 Å². The molecule has 0 saturated carbocycles. The van der Waals surface area contributed by atoms with Crippen molar-refractivity contribution in [3.05, 3.63) is 35.6 Å². The van der Waals surface area contributed by atoms with Gasteiger partial charge in [0.25, 0.3) is 0 Å². The van der Waals surface area contributed by atoms with Gasteiger partial charge in [0.1, 0.15) is 11.3 Å². The van der Waals surface area contributed by atoms with Crippen LogP contribution in [0, 0.1) is 0 Å². The van der Waals surface area contributed by atoms with Gasteiger partial charge < -0.3 is 14.5 Å². The van der Waals surface area contributed by atoms with Gasteiger partial charge in [-0.3, -0.25) is 0 Å². The summed E-state index contributed by atoms with van der Waals surface area (Å²) < 4.78 is 11.1. The van der Waals surface area contributed by atoms with Gasteiger partial charge in [0.15, 0.2) is 0 Å². The average molecular weight is 261 g/mol. The molecule has 2 rings (SSSR count). The topological polar surface area (TPSA) is 34.4 Å². The molecule has 0 aliphatic carbocycles. The Morgan fingerprint density at radius 3 is 2.68 bits per heavy atom. The van der Waals surface area contributed by atoms with Crippen molar-refractivity contribution in [2.24, 2.45) is 0 Å². The number of hydrogen-bond acceptors (Lipinski definition) is 3. The van der Waals surface area contributed by atoms with E-state index in [-0.39, 0.29) is 5.54 Å². The maximum atomic E-state index is 5.90. The smallest absolute Gasteiger partial charge is 0.134 e. The van der Waals surface area contributed by atoms with Crippen molar-refractivity contribution in [2.75, 3.05) is 13.7 Å². The quantitative estimate of drug-likeness (QED) is 0.864. The third kappa shape index (κ3) is 3.17. The Bertz CT molecular complexity index is 543. The number of fused-ring (bicyclic) bond motifs is 1. The van der Waals surface area contributed by atoms with Crippen LogP contribution in [0.15, 0.2) is 28.7 Å². The number of rotatable bonds is 6. The van der Waals surface area contributed by atoms with Crippen molar-refractivity contribution < 1.29 is 9.15 Å². The van der Waals surface area contributed by atoms with Crippen LogP contribution < -0.4 is 5.32 Å². The highest BCUT2D eigenvalue weighted by molar-refractivity contribution is 5.82. The zero-order valence-corrected chi connectivity index (χ0v) is 12.2. The lowest BCUT2D eigenvalue weighted by Crippen LogP contribution is -2.42. The summed E-state index contributed by atoms with van der Waals surface area (Å²) in [6.07, 6.45) is 0.913. The number of para-hydroxylation sites is 1. The molecule has 1 heterocycles. The summed E-state index contributed by atoms with van der Waals surface area (Å²) in [6.45, 7) is 7.90. The Labute approximate surface area is 114 Å². The van der Waals surface area contributed by atoms with E-state index in [1.165, 1.54) is 10.9 Å². The third-order valence-corrected chi connectivity index (χ3v) is 3.35.